The second-order valence-corrected chi connectivity index (χ2v) is 5.60. The quantitative estimate of drug-likeness (QED) is 0.739. The van der Waals surface area contributed by atoms with Crippen LogP contribution < -0.4 is 16.6 Å². The summed E-state index contributed by atoms with van der Waals surface area (Å²) in [5.74, 6) is 0.562. The molecule has 2 aromatic carbocycles. The first-order chi connectivity index (χ1) is 9.49. The second-order valence-electron chi connectivity index (χ2n) is 5.60. The molecule has 1 aromatic heterocycles. The highest BCUT2D eigenvalue weighted by atomic mass is 16.2. The van der Waals surface area contributed by atoms with Crippen molar-refractivity contribution < 1.29 is 0 Å². The van der Waals surface area contributed by atoms with E-state index in [0.29, 0.717) is 11.6 Å². The fourth-order valence-corrected chi connectivity index (χ4v) is 2.60. The fraction of sp³-hybridized carbons (Fsp3) is 0.250. The number of rotatable bonds is 3. The summed E-state index contributed by atoms with van der Waals surface area (Å²) in [6.07, 6.45) is 2.76. The smallest absolute Gasteiger partial charge is 0.254 e. The zero-order chi connectivity index (χ0) is 14.4. The Kier molecular flexibility index (Phi) is 2.74. The molecule has 0 radical (unpaired) electrons. The zero-order valence-electron chi connectivity index (χ0n) is 11.5. The summed E-state index contributed by atoms with van der Waals surface area (Å²) in [4.78, 5) is 22.9. The minimum atomic E-state index is -0.583. The van der Waals surface area contributed by atoms with Crippen LogP contribution in [-0.4, -0.2) is 4.57 Å². The van der Waals surface area contributed by atoms with Crippen molar-refractivity contribution in [2.75, 3.05) is 5.73 Å². The van der Waals surface area contributed by atoms with E-state index in [0.717, 1.165) is 17.3 Å². The number of nitrogens with two attached hydrogens (primary N) is 1. The van der Waals surface area contributed by atoms with Gasteiger partial charge in [-0.15, -0.1) is 0 Å². The van der Waals surface area contributed by atoms with E-state index in [2.05, 4.69) is 26.0 Å². The Bertz CT molecular complexity index is 864. The Hall–Kier alpha value is -2.36. The van der Waals surface area contributed by atoms with Crippen LogP contribution in [0, 0.1) is 5.92 Å². The Morgan fingerprint density at radius 1 is 1.15 bits per heavy atom. The maximum absolute atomic E-state index is 11.7. The molecule has 102 valence electrons. The van der Waals surface area contributed by atoms with Gasteiger partial charge in [0, 0.05) is 6.20 Å². The Morgan fingerprint density at radius 2 is 1.90 bits per heavy atom. The topological polar surface area (TPSA) is 65.1 Å². The summed E-state index contributed by atoms with van der Waals surface area (Å²) in [5.41, 5.74) is 7.04. The van der Waals surface area contributed by atoms with Crippen LogP contribution in [0.5, 0.6) is 0 Å². The van der Waals surface area contributed by atoms with Gasteiger partial charge in [0.2, 0.25) is 0 Å². The van der Waals surface area contributed by atoms with Crippen molar-refractivity contribution >= 4 is 16.6 Å². The van der Waals surface area contributed by atoms with Crippen LogP contribution in [0.4, 0.5) is 5.69 Å². The van der Waals surface area contributed by atoms with Crippen LogP contribution in [-0.2, 0) is 6.42 Å². The molecule has 20 heavy (non-hydrogen) atoms. The lowest BCUT2D eigenvalue weighted by Crippen LogP contribution is -2.38. The molecule has 0 amide bonds. The second kappa shape index (κ2) is 4.34. The Balaban J connectivity index is 2.18. The number of hydrogen-bond donors (Lipinski definition) is 1. The third-order valence-corrected chi connectivity index (χ3v) is 3.56. The van der Waals surface area contributed by atoms with Crippen molar-refractivity contribution in [2.45, 2.75) is 20.3 Å². The van der Waals surface area contributed by atoms with Crippen LogP contribution in [0.3, 0.4) is 0 Å². The third kappa shape index (κ3) is 1.76. The molecular formula is C16H16N2O2. The summed E-state index contributed by atoms with van der Waals surface area (Å²) in [5, 5.41) is 1.03. The zero-order valence-corrected chi connectivity index (χ0v) is 11.5. The van der Waals surface area contributed by atoms with E-state index in [9.17, 15) is 9.59 Å². The molecule has 3 aromatic rings. The van der Waals surface area contributed by atoms with E-state index < -0.39 is 10.9 Å². The molecule has 0 aliphatic carbocycles. The lowest BCUT2D eigenvalue weighted by atomic mass is 10.0. The molecule has 0 spiro atoms. The number of nitrogen functional groups attached to an aromatic ring is 1. The summed E-state index contributed by atoms with van der Waals surface area (Å²) in [6.45, 7) is 4.33. The standard InChI is InChI=1S/C16H16N2O2/c1-9(2)7-10-3-4-11-5-6-18(12(11)8-10)14-13(17)15(19)16(14)20/h3-6,8-9H,7,17H2,1-2H3. The van der Waals surface area contributed by atoms with Crippen LogP contribution in [0.15, 0.2) is 40.1 Å². The summed E-state index contributed by atoms with van der Waals surface area (Å²) < 4.78 is 1.72. The molecule has 0 unspecified atom stereocenters. The van der Waals surface area contributed by atoms with Gasteiger partial charge in [-0.3, -0.25) is 9.59 Å². The minimum Gasteiger partial charge on any atom is -0.394 e. The summed E-state index contributed by atoms with van der Waals surface area (Å²) in [7, 11) is 0. The van der Waals surface area contributed by atoms with Gasteiger partial charge >= 0.3 is 0 Å². The van der Waals surface area contributed by atoms with Crippen molar-refractivity contribution in [3.8, 4) is 5.69 Å². The van der Waals surface area contributed by atoms with Crippen LogP contribution in [0.25, 0.3) is 16.6 Å². The van der Waals surface area contributed by atoms with Gasteiger partial charge < -0.3 is 10.3 Å². The van der Waals surface area contributed by atoms with Crippen LogP contribution in [0.2, 0.25) is 0 Å². The maximum atomic E-state index is 11.7. The lowest BCUT2D eigenvalue weighted by molar-refractivity contribution is 0.647. The van der Waals surface area contributed by atoms with E-state index in [1.54, 1.807) is 10.8 Å². The predicted molar refractivity (Wildman–Crippen MR) is 81.1 cm³/mol. The third-order valence-electron chi connectivity index (χ3n) is 3.56. The van der Waals surface area contributed by atoms with Crippen LogP contribution >= 0.6 is 0 Å². The number of anilines is 1. The summed E-state index contributed by atoms with van der Waals surface area (Å²) >= 11 is 0. The first-order valence-corrected chi connectivity index (χ1v) is 6.68. The molecule has 0 aliphatic heterocycles. The number of fused-ring (bicyclic) bond motifs is 1. The molecule has 0 fully saturated rings. The molecule has 3 rings (SSSR count). The minimum absolute atomic E-state index is 0.0572. The van der Waals surface area contributed by atoms with Gasteiger partial charge in [-0.05, 0) is 35.4 Å². The molecular weight excluding hydrogens is 252 g/mol. The number of hydrogen-bond acceptors (Lipinski definition) is 3. The molecule has 4 nitrogen and oxygen atoms in total. The Labute approximate surface area is 116 Å². The monoisotopic (exact) mass is 268 g/mol. The van der Waals surface area contributed by atoms with Gasteiger partial charge in [0.05, 0.1) is 5.52 Å². The van der Waals surface area contributed by atoms with E-state index in [1.807, 2.05) is 12.1 Å². The van der Waals surface area contributed by atoms with E-state index in [1.165, 1.54) is 5.56 Å². The predicted octanol–water partition coefficient (Wildman–Crippen LogP) is 2.01. The number of benzene rings is 1. The van der Waals surface area contributed by atoms with E-state index in [-0.39, 0.29) is 5.69 Å². The van der Waals surface area contributed by atoms with Gasteiger partial charge in [0.25, 0.3) is 10.9 Å². The molecule has 2 N–H and O–H groups in total. The lowest BCUT2D eigenvalue weighted by Gasteiger charge is -2.11. The molecule has 0 bridgehead atoms. The van der Waals surface area contributed by atoms with Crippen molar-refractivity contribution in [2.24, 2.45) is 5.92 Å². The van der Waals surface area contributed by atoms with Crippen molar-refractivity contribution in [3.05, 3.63) is 56.5 Å². The van der Waals surface area contributed by atoms with Crippen LogP contribution in [0.1, 0.15) is 19.4 Å². The van der Waals surface area contributed by atoms with Gasteiger partial charge in [-0.25, -0.2) is 0 Å². The number of nitrogens with zero attached hydrogens (tertiary/aromatic N) is 1. The maximum Gasteiger partial charge on any atom is 0.254 e. The van der Waals surface area contributed by atoms with Crippen molar-refractivity contribution in [1.29, 1.82) is 0 Å². The van der Waals surface area contributed by atoms with E-state index >= 15 is 0 Å². The Morgan fingerprint density at radius 3 is 2.55 bits per heavy atom. The summed E-state index contributed by atoms with van der Waals surface area (Å²) in [6, 6.07) is 8.11. The van der Waals surface area contributed by atoms with Crippen molar-refractivity contribution in [3.63, 3.8) is 0 Å². The average Bonchev–Trinajstić information content (AvgIpc) is 2.81. The highest BCUT2D eigenvalue weighted by molar-refractivity contribution is 5.84. The van der Waals surface area contributed by atoms with Gasteiger partial charge in [-0.1, -0.05) is 26.0 Å². The van der Waals surface area contributed by atoms with E-state index in [4.69, 9.17) is 5.73 Å². The molecule has 0 aliphatic rings. The first kappa shape index (κ1) is 12.7. The van der Waals surface area contributed by atoms with Gasteiger partial charge in [-0.2, -0.15) is 0 Å². The fourth-order valence-electron chi connectivity index (χ4n) is 2.60. The molecule has 4 heteroatoms. The first-order valence-electron chi connectivity index (χ1n) is 6.68. The molecule has 0 atom stereocenters. The van der Waals surface area contributed by atoms with Crippen molar-refractivity contribution in [1.82, 2.24) is 4.57 Å². The molecule has 0 saturated heterocycles. The highest BCUT2D eigenvalue weighted by Crippen LogP contribution is 2.23. The largest absolute Gasteiger partial charge is 0.394 e. The SMILES string of the molecule is CC(C)Cc1ccc2ccn(-c3c(N)c(=O)c3=O)c2c1. The molecule has 1 heterocycles. The van der Waals surface area contributed by atoms with Gasteiger partial charge in [0.1, 0.15) is 11.4 Å². The molecule has 0 saturated carbocycles. The highest BCUT2D eigenvalue weighted by Gasteiger charge is 2.20. The normalized spacial score (nSPS) is 11.8. The average molecular weight is 268 g/mol. The number of aromatic nitrogens is 1. The van der Waals surface area contributed by atoms with Gasteiger partial charge in [0.15, 0.2) is 0 Å².